The highest BCUT2D eigenvalue weighted by Crippen LogP contribution is 2.08. The fourth-order valence-corrected chi connectivity index (χ4v) is 1.23. The van der Waals surface area contributed by atoms with Crippen LogP contribution in [0.3, 0.4) is 0 Å². The lowest BCUT2D eigenvalue weighted by molar-refractivity contribution is 0.800. The second kappa shape index (κ2) is 5.10. The summed E-state index contributed by atoms with van der Waals surface area (Å²) in [5.41, 5.74) is 0. The minimum atomic E-state index is 0.256. The highest BCUT2D eigenvalue weighted by molar-refractivity contribution is 6.28. The Bertz CT molecular complexity index is 301. The molecule has 0 amide bonds. The molecule has 4 nitrogen and oxygen atoms in total. The fourth-order valence-electron chi connectivity index (χ4n) is 1.05. The fraction of sp³-hybridized carbons (Fsp3) is 0.667. The maximum atomic E-state index is 5.77. The topological polar surface area (TPSA) is 50.7 Å². The molecule has 5 heteroatoms. The van der Waals surface area contributed by atoms with Gasteiger partial charge in [0.2, 0.25) is 11.2 Å². The van der Waals surface area contributed by atoms with Crippen LogP contribution < -0.4 is 5.32 Å². The smallest absolute Gasteiger partial charge is 0.227 e. The van der Waals surface area contributed by atoms with Crippen molar-refractivity contribution in [3.63, 3.8) is 0 Å². The van der Waals surface area contributed by atoms with E-state index in [1.165, 1.54) is 0 Å². The zero-order valence-corrected chi connectivity index (χ0v) is 9.47. The molecule has 1 aromatic rings. The lowest BCUT2D eigenvalue weighted by Crippen LogP contribution is -2.14. The Balaban J connectivity index is 2.83. The van der Waals surface area contributed by atoms with Crippen LogP contribution in [0.1, 0.15) is 33.0 Å². The minimum Gasteiger partial charge on any atom is -0.352 e. The van der Waals surface area contributed by atoms with Gasteiger partial charge in [-0.25, -0.2) is 4.98 Å². The summed E-state index contributed by atoms with van der Waals surface area (Å²) in [4.78, 5) is 12.3. The highest BCUT2D eigenvalue weighted by atomic mass is 35.5. The van der Waals surface area contributed by atoms with Gasteiger partial charge in [-0.1, -0.05) is 6.92 Å². The lowest BCUT2D eigenvalue weighted by atomic mass is 10.3. The molecule has 0 spiro atoms. The molecule has 1 aromatic heterocycles. The van der Waals surface area contributed by atoms with Crippen molar-refractivity contribution in [1.82, 2.24) is 15.0 Å². The zero-order valence-electron chi connectivity index (χ0n) is 8.71. The van der Waals surface area contributed by atoms with Gasteiger partial charge in [0.15, 0.2) is 0 Å². The molecule has 0 aliphatic rings. The molecule has 0 radical (unpaired) electrons. The third-order valence-electron chi connectivity index (χ3n) is 1.55. The normalized spacial score (nSPS) is 10.6. The molecule has 0 aliphatic heterocycles. The van der Waals surface area contributed by atoms with E-state index < -0.39 is 0 Å². The van der Waals surface area contributed by atoms with E-state index in [2.05, 4.69) is 27.2 Å². The van der Waals surface area contributed by atoms with Gasteiger partial charge in [-0.15, -0.1) is 0 Å². The Morgan fingerprint density at radius 3 is 2.57 bits per heavy atom. The molecule has 0 saturated heterocycles. The van der Waals surface area contributed by atoms with Gasteiger partial charge in [0.05, 0.1) is 0 Å². The first-order valence-corrected chi connectivity index (χ1v) is 5.16. The number of nitrogens with one attached hydrogen (secondary N) is 1. The summed E-state index contributed by atoms with van der Waals surface area (Å²) in [5, 5.41) is 3.35. The van der Waals surface area contributed by atoms with E-state index in [-0.39, 0.29) is 5.28 Å². The van der Waals surface area contributed by atoms with Crippen molar-refractivity contribution in [3.8, 4) is 0 Å². The number of nitrogens with zero attached hydrogens (tertiary/aromatic N) is 3. The molecule has 0 unspecified atom stereocenters. The van der Waals surface area contributed by atoms with E-state index in [9.17, 15) is 0 Å². The first kappa shape index (κ1) is 11.2. The van der Waals surface area contributed by atoms with Gasteiger partial charge < -0.3 is 5.32 Å². The van der Waals surface area contributed by atoms with Gasteiger partial charge in [0, 0.05) is 12.5 Å². The standard InChI is InChI=1S/C9H15ClN4/c1-4-5-7-12-8(10)14-9(13-7)11-6(2)3/h6H,4-5H2,1-3H3,(H,11,12,13,14). The molecule has 0 fully saturated rings. The molecule has 1 heterocycles. The van der Waals surface area contributed by atoms with Crippen LogP contribution in [0.25, 0.3) is 0 Å². The minimum absolute atomic E-state index is 0.256. The van der Waals surface area contributed by atoms with Crippen molar-refractivity contribution < 1.29 is 0 Å². The van der Waals surface area contributed by atoms with E-state index in [0.717, 1.165) is 18.7 Å². The van der Waals surface area contributed by atoms with Crippen LogP contribution in [-0.4, -0.2) is 21.0 Å². The van der Waals surface area contributed by atoms with E-state index in [1.807, 2.05) is 13.8 Å². The molecule has 1 N–H and O–H groups in total. The molecule has 0 aromatic carbocycles. The summed E-state index contributed by atoms with van der Waals surface area (Å²) >= 11 is 5.77. The van der Waals surface area contributed by atoms with Gasteiger partial charge in [0.1, 0.15) is 5.82 Å². The average molecular weight is 215 g/mol. The molecule has 78 valence electrons. The van der Waals surface area contributed by atoms with Crippen LogP contribution >= 0.6 is 11.6 Å². The number of rotatable bonds is 4. The molecular weight excluding hydrogens is 200 g/mol. The van der Waals surface area contributed by atoms with E-state index >= 15 is 0 Å². The third kappa shape index (κ3) is 3.46. The average Bonchev–Trinajstić information content (AvgIpc) is 2.01. The van der Waals surface area contributed by atoms with Crippen LogP contribution in [0.2, 0.25) is 5.28 Å². The number of hydrogen-bond donors (Lipinski definition) is 1. The number of aromatic nitrogens is 3. The second-order valence-corrected chi connectivity index (χ2v) is 3.73. The Morgan fingerprint density at radius 1 is 1.29 bits per heavy atom. The zero-order chi connectivity index (χ0) is 10.6. The summed E-state index contributed by atoms with van der Waals surface area (Å²) in [6.07, 6.45) is 1.83. The van der Waals surface area contributed by atoms with Crippen molar-refractivity contribution in [1.29, 1.82) is 0 Å². The maximum Gasteiger partial charge on any atom is 0.227 e. The van der Waals surface area contributed by atoms with Crippen molar-refractivity contribution in [2.75, 3.05) is 5.32 Å². The summed E-state index contributed by atoms with van der Waals surface area (Å²) in [7, 11) is 0. The Labute approximate surface area is 89.1 Å². The summed E-state index contributed by atoms with van der Waals surface area (Å²) in [6.45, 7) is 6.13. The van der Waals surface area contributed by atoms with E-state index in [4.69, 9.17) is 11.6 Å². The molecule has 0 aliphatic carbocycles. The van der Waals surface area contributed by atoms with Gasteiger partial charge in [-0.05, 0) is 31.9 Å². The summed E-state index contributed by atoms with van der Waals surface area (Å²) in [5.74, 6) is 1.30. The highest BCUT2D eigenvalue weighted by Gasteiger charge is 2.04. The van der Waals surface area contributed by atoms with Crippen molar-refractivity contribution in [2.45, 2.75) is 39.7 Å². The molecule has 0 atom stereocenters. The van der Waals surface area contributed by atoms with Crippen molar-refractivity contribution >= 4 is 17.5 Å². The SMILES string of the molecule is CCCc1nc(Cl)nc(NC(C)C)n1. The number of hydrogen-bond acceptors (Lipinski definition) is 4. The van der Waals surface area contributed by atoms with Gasteiger partial charge in [-0.3, -0.25) is 0 Å². The van der Waals surface area contributed by atoms with Gasteiger partial charge in [-0.2, -0.15) is 9.97 Å². The van der Waals surface area contributed by atoms with Gasteiger partial charge >= 0.3 is 0 Å². The van der Waals surface area contributed by atoms with Crippen LogP contribution in [0.15, 0.2) is 0 Å². The molecule has 0 bridgehead atoms. The Kier molecular flexibility index (Phi) is 4.07. The molecular formula is C9H15ClN4. The summed E-state index contributed by atoms with van der Waals surface area (Å²) in [6, 6.07) is 0.294. The maximum absolute atomic E-state index is 5.77. The summed E-state index contributed by atoms with van der Waals surface area (Å²) < 4.78 is 0. The lowest BCUT2D eigenvalue weighted by Gasteiger charge is -2.08. The van der Waals surface area contributed by atoms with Crippen molar-refractivity contribution in [2.24, 2.45) is 0 Å². The van der Waals surface area contributed by atoms with Crippen LogP contribution in [0.5, 0.6) is 0 Å². The predicted octanol–water partition coefficient (Wildman–Crippen LogP) is 2.30. The first-order valence-electron chi connectivity index (χ1n) is 4.78. The number of halogens is 1. The van der Waals surface area contributed by atoms with Gasteiger partial charge in [0.25, 0.3) is 0 Å². The second-order valence-electron chi connectivity index (χ2n) is 3.39. The Hall–Kier alpha value is -0.900. The predicted molar refractivity (Wildman–Crippen MR) is 57.6 cm³/mol. The van der Waals surface area contributed by atoms with E-state index in [1.54, 1.807) is 0 Å². The number of aryl methyl sites for hydroxylation is 1. The quantitative estimate of drug-likeness (QED) is 0.836. The molecule has 14 heavy (non-hydrogen) atoms. The molecule has 1 rings (SSSR count). The van der Waals surface area contributed by atoms with Crippen molar-refractivity contribution in [3.05, 3.63) is 11.1 Å². The van der Waals surface area contributed by atoms with Crippen LogP contribution in [-0.2, 0) is 6.42 Å². The van der Waals surface area contributed by atoms with Crippen LogP contribution in [0, 0.1) is 0 Å². The number of anilines is 1. The Morgan fingerprint density at radius 2 is 2.00 bits per heavy atom. The monoisotopic (exact) mass is 214 g/mol. The van der Waals surface area contributed by atoms with Crippen LogP contribution in [0.4, 0.5) is 5.95 Å². The first-order chi connectivity index (χ1) is 6.61. The largest absolute Gasteiger partial charge is 0.352 e. The van der Waals surface area contributed by atoms with E-state index in [0.29, 0.717) is 12.0 Å². The third-order valence-corrected chi connectivity index (χ3v) is 1.71. The molecule has 0 saturated carbocycles.